The molecule has 0 fully saturated rings. The van der Waals surface area contributed by atoms with Gasteiger partial charge in [0.25, 0.3) is 0 Å². The van der Waals surface area contributed by atoms with Gasteiger partial charge in [-0.05, 0) is 37.3 Å². The van der Waals surface area contributed by atoms with Gasteiger partial charge in [-0.25, -0.2) is 0 Å². The summed E-state index contributed by atoms with van der Waals surface area (Å²) >= 11 is 14.5. The van der Waals surface area contributed by atoms with E-state index in [1.54, 1.807) is 12.1 Å². The third-order valence-corrected chi connectivity index (χ3v) is 3.52. The minimum Gasteiger partial charge on any atom is -0.455 e. The number of hydrogen-bond acceptors (Lipinski definition) is 2. The Morgan fingerprint density at radius 2 is 1.89 bits per heavy atom. The summed E-state index contributed by atoms with van der Waals surface area (Å²) in [5.41, 5.74) is 7.48. The van der Waals surface area contributed by atoms with Gasteiger partial charge >= 0.3 is 0 Å². The van der Waals surface area contributed by atoms with Crippen molar-refractivity contribution < 1.29 is 4.74 Å². The van der Waals surface area contributed by atoms with Gasteiger partial charge in [0.1, 0.15) is 16.5 Å². The highest BCUT2D eigenvalue weighted by Crippen LogP contribution is 2.33. The number of benzene rings is 2. The van der Waals surface area contributed by atoms with E-state index in [1.807, 2.05) is 31.2 Å². The fourth-order valence-electron chi connectivity index (χ4n) is 1.60. The van der Waals surface area contributed by atoms with Crippen LogP contribution < -0.4 is 10.5 Å². The van der Waals surface area contributed by atoms with Gasteiger partial charge in [0.15, 0.2) is 0 Å². The summed E-state index contributed by atoms with van der Waals surface area (Å²) in [6.45, 7) is 1.97. The van der Waals surface area contributed by atoms with Crippen LogP contribution in [0.4, 0.5) is 0 Å². The SMILES string of the molecule is Cc1ccc(Oc2ccc(Br)cc2Cl)c(C(N)=S)c1. The standard InChI is InChI=1S/C14H11BrClNOS/c1-8-2-4-12(10(6-8)14(17)19)18-13-5-3-9(15)7-11(13)16/h2-7H,1H3,(H2,17,19). The zero-order chi connectivity index (χ0) is 14.0. The molecule has 0 atom stereocenters. The van der Waals surface area contributed by atoms with E-state index in [0.717, 1.165) is 10.0 Å². The summed E-state index contributed by atoms with van der Waals surface area (Å²) in [5.74, 6) is 1.16. The lowest BCUT2D eigenvalue weighted by molar-refractivity contribution is 0.482. The Kier molecular flexibility index (Phi) is 4.45. The third-order valence-electron chi connectivity index (χ3n) is 2.51. The molecule has 0 spiro atoms. The molecule has 2 N–H and O–H groups in total. The van der Waals surface area contributed by atoms with E-state index in [9.17, 15) is 0 Å². The molecule has 2 aromatic rings. The number of halogens is 2. The molecular formula is C14H11BrClNOS. The van der Waals surface area contributed by atoms with Crippen molar-refractivity contribution in [2.45, 2.75) is 6.92 Å². The van der Waals surface area contributed by atoms with Crippen molar-refractivity contribution in [3.8, 4) is 11.5 Å². The van der Waals surface area contributed by atoms with Crippen molar-refractivity contribution >= 4 is 44.7 Å². The number of hydrogen-bond donors (Lipinski definition) is 1. The van der Waals surface area contributed by atoms with Crippen LogP contribution in [0.3, 0.4) is 0 Å². The van der Waals surface area contributed by atoms with Gasteiger partial charge in [-0.2, -0.15) is 0 Å². The fraction of sp³-hybridized carbons (Fsp3) is 0.0714. The van der Waals surface area contributed by atoms with Crippen LogP contribution in [-0.4, -0.2) is 4.99 Å². The van der Waals surface area contributed by atoms with Gasteiger partial charge in [-0.3, -0.25) is 0 Å². The summed E-state index contributed by atoms with van der Waals surface area (Å²) < 4.78 is 6.68. The molecule has 5 heteroatoms. The highest BCUT2D eigenvalue weighted by atomic mass is 79.9. The number of nitrogens with two attached hydrogens (primary N) is 1. The van der Waals surface area contributed by atoms with Crippen LogP contribution >= 0.6 is 39.7 Å². The Morgan fingerprint density at radius 1 is 1.21 bits per heavy atom. The molecule has 0 saturated carbocycles. The quantitative estimate of drug-likeness (QED) is 0.799. The van der Waals surface area contributed by atoms with E-state index >= 15 is 0 Å². The second kappa shape index (κ2) is 5.90. The summed E-state index contributed by atoms with van der Waals surface area (Å²) in [7, 11) is 0. The van der Waals surface area contributed by atoms with Gasteiger partial charge < -0.3 is 10.5 Å². The normalized spacial score (nSPS) is 10.3. The summed E-state index contributed by atoms with van der Waals surface area (Å²) in [5, 5.41) is 0.517. The average Bonchev–Trinajstić information content (AvgIpc) is 2.34. The Balaban J connectivity index is 2.40. The minimum atomic E-state index is 0.298. The predicted octanol–water partition coefficient (Wildman–Crippen LogP) is 4.84. The first-order valence-corrected chi connectivity index (χ1v) is 7.08. The molecule has 0 aromatic heterocycles. The molecule has 2 aromatic carbocycles. The molecule has 19 heavy (non-hydrogen) atoms. The number of thiocarbonyl (C=S) groups is 1. The Morgan fingerprint density at radius 3 is 2.53 bits per heavy atom. The number of rotatable bonds is 3. The monoisotopic (exact) mass is 355 g/mol. The molecule has 0 unspecified atom stereocenters. The lowest BCUT2D eigenvalue weighted by Crippen LogP contribution is -2.11. The average molecular weight is 357 g/mol. The van der Waals surface area contributed by atoms with E-state index in [2.05, 4.69) is 15.9 Å². The topological polar surface area (TPSA) is 35.2 Å². The van der Waals surface area contributed by atoms with Crippen LogP contribution in [0.15, 0.2) is 40.9 Å². The molecule has 98 valence electrons. The van der Waals surface area contributed by atoms with Gasteiger partial charge in [0.05, 0.1) is 10.6 Å². The molecule has 0 aliphatic rings. The molecule has 0 aliphatic heterocycles. The number of aryl methyl sites for hydroxylation is 1. The molecule has 0 aliphatic carbocycles. The Bertz CT molecular complexity index is 645. The molecular weight excluding hydrogens is 346 g/mol. The van der Waals surface area contributed by atoms with Gasteiger partial charge in [0, 0.05) is 4.47 Å². The highest BCUT2D eigenvalue weighted by Gasteiger charge is 2.10. The first-order valence-electron chi connectivity index (χ1n) is 5.51. The minimum absolute atomic E-state index is 0.298. The Labute approximate surface area is 130 Å². The van der Waals surface area contributed by atoms with Gasteiger partial charge in [-0.1, -0.05) is 51.4 Å². The lowest BCUT2D eigenvalue weighted by Gasteiger charge is -2.12. The van der Waals surface area contributed by atoms with Crippen molar-refractivity contribution in [1.29, 1.82) is 0 Å². The predicted molar refractivity (Wildman–Crippen MR) is 86.3 cm³/mol. The van der Waals surface area contributed by atoms with E-state index in [4.69, 9.17) is 34.3 Å². The summed E-state index contributed by atoms with van der Waals surface area (Å²) in [6, 6.07) is 11.1. The third kappa shape index (κ3) is 3.47. The van der Waals surface area contributed by atoms with E-state index in [-0.39, 0.29) is 0 Å². The van der Waals surface area contributed by atoms with Crippen molar-refractivity contribution in [3.63, 3.8) is 0 Å². The smallest absolute Gasteiger partial charge is 0.146 e. The highest BCUT2D eigenvalue weighted by molar-refractivity contribution is 9.10. The van der Waals surface area contributed by atoms with Crippen LogP contribution in [0.2, 0.25) is 5.02 Å². The summed E-state index contributed by atoms with van der Waals surface area (Å²) in [4.78, 5) is 0.298. The molecule has 0 bridgehead atoms. The molecule has 0 heterocycles. The van der Waals surface area contributed by atoms with Crippen molar-refractivity contribution in [1.82, 2.24) is 0 Å². The van der Waals surface area contributed by atoms with Crippen LogP contribution in [0.25, 0.3) is 0 Å². The maximum absolute atomic E-state index is 6.12. The van der Waals surface area contributed by atoms with E-state index in [0.29, 0.717) is 27.1 Å². The second-order valence-corrected chi connectivity index (χ2v) is 5.80. The zero-order valence-electron chi connectivity index (χ0n) is 10.1. The van der Waals surface area contributed by atoms with Crippen LogP contribution in [-0.2, 0) is 0 Å². The first kappa shape index (κ1) is 14.3. The van der Waals surface area contributed by atoms with Crippen molar-refractivity contribution in [2.24, 2.45) is 5.73 Å². The van der Waals surface area contributed by atoms with Crippen molar-refractivity contribution in [3.05, 3.63) is 57.0 Å². The molecule has 0 amide bonds. The first-order chi connectivity index (χ1) is 8.97. The maximum Gasteiger partial charge on any atom is 0.146 e. The molecule has 2 nitrogen and oxygen atoms in total. The largest absolute Gasteiger partial charge is 0.455 e. The van der Waals surface area contributed by atoms with Crippen molar-refractivity contribution in [2.75, 3.05) is 0 Å². The molecule has 0 radical (unpaired) electrons. The van der Waals surface area contributed by atoms with Gasteiger partial charge in [0.2, 0.25) is 0 Å². The van der Waals surface area contributed by atoms with Crippen LogP contribution in [0.1, 0.15) is 11.1 Å². The maximum atomic E-state index is 6.12. The lowest BCUT2D eigenvalue weighted by atomic mass is 10.1. The number of ether oxygens (including phenoxy) is 1. The van der Waals surface area contributed by atoms with E-state index < -0.39 is 0 Å². The van der Waals surface area contributed by atoms with E-state index in [1.165, 1.54) is 0 Å². The second-order valence-electron chi connectivity index (χ2n) is 4.04. The van der Waals surface area contributed by atoms with Crippen LogP contribution in [0, 0.1) is 6.92 Å². The molecule has 2 rings (SSSR count). The zero-order valence-corrected chi connectivity index (χ0v) is 13.3. The Hall–Kier alpha value is -1.10. The van der Waals surface area contributed by atoms with Gasteiger partial charge in [-0.15, -0.1) is 0 Å². The molecule has 0 saturated heterocycles. The fourth-order valence-corrected chi connectivity index (χ4v) is 2.47. The summed E-state index contributed by atoms with van der Waals surface area (Å²) in [6.07, 6.45) is 0. The van der Waals surface area contributed by atoms with Crippen LogP contribution in [0.5, 0.6) is 11.5 Å².